The van der Waals surface area contributed by atoms with Gasteiger partial charge < -0.3 is 20.0 Å². The van der Waals surface area contributed by atoms with Crippen LogP contribution in [0.2, 0.25) is 0 Å². The van der Waals surface area contributed by atoms with Gasteiger partial charge >= 0.3 is 5.97 Å². The highest BCUT2D eigenvalue weighted by Gasteiger charge is 2.30. The van der Waals surface area contributed by atoms with Crippen molar-refractivity contribution in [2.75, 3.05) is 25.5 Å². The highest BCUT2D eigenvalue weighted by atomic mass is 16.4. The summed E-state index contributed by atoms with van der Waals surface area (Å²) in [6.07, 6.45) is 2.00. The van der Waals surface area contributed by atoms with Gasteiger partial charge in [0.05, 0.1) is 22.9 Å². The van der Waals surface area contributed by atoms with Crippen molar-refractivity contribution in [3.8, 4) is 6.07 Å². The number of nitriles is 1. The third-order valence-electron chi connectivity index (χ3n) is 4.93. The molecule has 8 heteroatoms. The Hall–Kier alpha value is -3.44. The van der Waals surface area contributed by atoms with Gasteiger partial charge in [0.25, 0.3) is 6.47 Å². The van der Waals surface area contributed by atoms with Gasteiger partial charge in [-0.2, -0.15) is 5.26 Å². The van der Waals surface area contributed by atoms with Crippen molar-refractivity contribution in [3.63, 3.8) is 0 Å². The fraction of sp³-hybridized carbons (Fsp3) is 0.364. The molecule has 2 N–H and O–H groups in total. The number of hydrogen-bond acceptors (Lipinski definition) is 6. The van der Waals surface area contributed by atoms with E-state index >= 15 is 0 Å². The Morgan fingerprint density at radius 2 is 2.00 bits per heavy atom. The quantitative estimate of drug-likeness (QED) is 0.722. The number of carboxylic acids is 1. The van der Waals surface area contributed by atoms with Crippen LogP contribution in [0.15, 0.2) is 30.3 Å². The van der Waals surface area contributed by atoms with Crippen LogP contribution < -0.4 is 4.90 Å². The molecule has 158 valence electrons. The zero-order valence-corrected chi connectivity index (χ0v) is 17.4. The third-order valence-corrected chi connectivity index (χ3v) is 4.93. The lowest BCUT2D eigenvalue weighted by Gasteiger charge is -2.27. The van der Waals surface area contributed by atoms with Crippen LogP contribution in [0.3, 0.4) is 0 Å². The number of aromatic carboxylic acids is 1. The van der Waals surface area contributed by atoms with Crippen LogP contribution in [-0.4, -0.2) is 53.2 Å². The lowest BCUT2D eigenvalue weighted by molar-refractivity contribution is -0.122. The predicted octanol–water partition coefficient (Wildman–Crippen LogP) is 3.06. The summed E-state index contributed by atoms with van der Waals surface area (Å²) >= 11 is 0. The molecule has 1 aromatic carbocycles. The number of carboxylic acid groups (broad SMARTS) is 2. The van der Waals surface area contributed by atoms with Crippen molar-refractivity contribution in [1.29, 1.82) is 5.26 Å². The molecule has 0 aliphatic carbocycles. The summed E-state index contributed by atoms with van der Waals surface area (Å²) in [7, 11) is 4.09. The van der Waals surface area contributed by atoms with Crippen LogP contribution in [0.25, 0.3) is 0 Å². The molecule has 1 unspecified atom stereocenters. The van der Waals surface area contributed by atoms with Gasteiger partial charge in [-0.15, -0.1) is 0 Å². The number of carbonyl (C=O) groups is 2. The molecule has 0 bridgehead atoms. The van der Waals surface area contributed by atoms with E-state index in [2.05, 4.69) is 45.1 Å². The number of anilines is 1. The van der Waals surface area contributed by atoms with Crippen LogP contribution in [0.5, 0.6) is 0 Å². The highest BCUT2D eigenvalue weighted by molar-refractivity contribution is 5.90. The van der Waals surface area contributed by atoms with E-state index in [9.17, 15) is 15.2 Å². The molecule has 2 heterocycles. The van der Waals surface area contributed by atoms with Crippen molar-refractivity contribution in [3.05, 3.63) is 58.3 Å². The average Bonchev–Trinajstić information content (AvgIpc) is 3.18. The number of aromatic nitrogens is 1. The second-order valence-electron chi connectivity index (χ2n) is 7.35. The fourth-order valence-electron chi connectivity index (χ4n) is 3.69. The smallest absolute Gasteiger partial charge is 0.337 e. The van der Waals surface area contributed by atoms with Crippen LogP contribution in [0, 0.1) is 18.3 Å². The maximum absolute atomic E-state index is 11.4. The minimum atomic E-state index is -1.06. The first-order valence-electron chi connectivity index (χ1n) is 9.55. The SMILES string of the molecule is Cc1nc(N2CCCC2c2ccc(CN(C)C)cc2)c(C#N)cc1C(=O)O.O=CO. The van der Waals surface area contributed by atoms with Crippen LogP contribution in [-0.2, 0) is 11.3 Å². The molecule has 1 saturated heterocycles. The maximum Gasteiger partial charge on any atom is 0.337 e. The Bertz CT molecular complexity index is 935. The largest absolute Gasteiger partial charge is 0.483 e. The molecule has 0 amide bonds. The number of benzene rings is 1. The molecular weight excluding hydrogens is 384 g/mol. The summed E-state index contributed by atoms with van der Waals surface area (Å²) < 4.78 is 0. The molecule has 1 aliphatic rings. The first-order valence-corrected chi connectivity index (χ1v) is 9.55. The first kappa shape index (κ1) is 22.8. The number of pyridine rings is 1. The number of rotatable bonds is 5. The van der Waals surface area contributed by atoms with Crippen molar-refractivity contribution < 1.29 is 19.8 Å². The first-order chi connectivity index (χ1) is 14.3. The van der Waals surface area contributed by atoms with E-state index in [1.54, 1.807) is 6.92 Å². The van der Waals surface area contributed by atoms with E-state index in [0.29, 0.717) is 17.1 Å². The third kappa shape index (κ3) is 5.33. The standard InChI is InChI=1S/C21H24N4O2.CH2O2/c1-14-18(21(26)27)11-17(12-22)20(23-14)25-10-4-5-19(25)16-8-6-15(7-9-16)13-24(2)3;2-1-3/h6-9,11,19H,4-5,10,13H2,1-3H3,(H,26,27);1H,(H,2,3). The van der Waals surface area contributed by atoms with E-state index in [4.69, 9.17) is 9.90 Å². The molecule has 30 heavy (non-hydrogen) atoms. The lowest BCUT2D eigenvalue weighted by atomic mass is 10.0. The van der Waals surface area contributed by atoms with Crippen LogP contribution in [0.1, 0.15) is 51.6 Å². The lowest BCUT2D eigenvalue weighted by Crippen LogP contribution is -2.25. The Balaban J connectivity index is 0.00000101. The molecule has 1 fully saturated rings. The molecule has 1 aliphatic heterocycles. The van der Waals surface area contributed by atoms with Gasteiger partial charge in [0.1, 0.15) is 11.9 Å². The van der Waals surface area contributed by atoms with Crippen LogP contribution in [0.4, 0.5) is 5.82 Å². The van der Waals surface area contributed by atoms with E-state index in [1.807, 2.05) is 14.1 Å². The summed E-state index contributed by atoms with van der Waals surface area (Å²) in [5.74, 6) is -0.475. The Labute approximate surface area is 176 Å². The topological polar surface area (TPSA) is 118 Å². The van der Waals surface area contributed by atoms with E-state index in [1.165, 1.54) is 17.2 Å². The van der Waals surface area contributed by atoms with Gasteiger partial charge in [-0.3, -0.25) is 4.79 Å². The highest BCUT2D eigenvalue weighted by Crippen LogP contribution is 2.37. The van der Waals surface area contributed by atoms with Crippen molar-refractivity contribution in [2.24, 2.45) is 0 Å². The second kappa shape index (κ2) is 10.4. The van der Waals surface area contributed by atoms with Crippen LogP contribution >= 0.6 is 0 Å². The average molecular weight is 410 g/mol. The van der Waals surface area contributed by atoms with Crippen molar-refractivity contribution in [1.82, 2.24) is 9.88 Å². The van der Waals surface area contributed by atoms with E-state index < -0.39 is 5.97 Å². The molecule has 3 rings (SSSR count). The number of hydrogen-bond donors (Lipinski definition) is 2. The Morgan fingerprint density at radius 1 is 1.37 bits per heavy atom. The molecule has 8 nitrogen and oxygen atoms in total. The minimum Gasteiger partial charge on any atom is -0.483 e. The molecule has 2 aromatic rings. The predicted molar refractivity (Wildman–Crippen MR) is 112 cm³/mol. The Morgan fingerprint density at radius 3 is 2.53 bits per heavy atom. The molecule has 1 aromatic heterocycles. The number of nitrogens with zero attached hydrogens (tertiary/aromatic N) is 4. The van der Waals surface area contributed by atoms with Gasteiger partial charge in [0.15, 0.2) is 0 Å². The molecular formula is C22H26N4O4. The summed E-state index contributed by atoms with van der Waals surface area (Å²) in [5, 5.41) is 25.7. The summed E-state index contributed by atoms with van der Waals surface area (Å²) in [5.41, 5.74) is 3.28. The van der Waals surface area contributed by atoms with Gasteiger partial charge in [0, 0.05) is 13.1 Å². The second-order valence-corrected chi connectivity index (χ2v) is 7.35. The number of aryl methyl sites for hydroxylation is 1. The molecule has 1 atom stereocenters. The summed E-state index contributed by atoms with van der Waals surface area (Å²) in [4.78, 5) is 28.5. The molecule has 0 saturated carbocycles. The van der Waals surface area contributed by atoms with E-state index in [-0.39, 0.29) is 18.1 Å². The maximum atomic E-state index is 11.4. The summed E-state index contributed by atoms with van der Waals surface area (Å²) in [6, 6.07) is 12.3. The van der Waals surface area contributed by atoms with Gasteiger partial charge in [-0.1, -0.05) is 24.3 Å². The molecule has 0 spiro atoms. The van der Waals surface area contributed by atoms with Gasteiger partial charge in [-0.05, 0) is 51.1 Å². The van der Waals surface area contributed by atoms with E-state index in [0.717, 1.165) is 25.9 Å². The zero-order chi connectivity index (χ0) is 22.3. The minimum absolute atomic E-state index is 0.0825. The van der Waals surface area contributed by atoms with Crippen molar-refractivity contribution in [2.45, 2.75) is 32.4 Å². The summed E-state index contributed by atoms with van der Waals surface area (Å²) in [6.45, 7) is 3.12. The van der Waals surface area contributed by atoms with Gasteiger partial charge in [-0.25, -0.2) is 9.78 Å². The van der Waals surface area contributed by atoms with Gasteiger partial charge in [0.2, 0.25) is 0 Å². The normalized spacial score (nSPS) is 15.3. The monoisotopic (exact) mass is 410 g/mol. The Kier molecular flexibility index (Phi) is 7.90. The zero-order valence-electron chi connectivity index (χ0n) is 17.4. The molecule has 0 radical (unpaired) electrons. The fourth-order valence-corrected chi connectivity index (χ4v) is 3.69. The van der Waals surface area contributed by atoms with Crippen molar-refractivity contribution >= 4 is 18.3 Å².